The molecule has 52 heavy (non-hydrogen) atoms. The van der Waals surface area contributed by atoms with E-state index in [4.69, 9.17) is 4.74 Å². The van der Waals surface area contributed by atoms with Crippen molar-refractivity contribution in [2.45, 2.75) is 145 Å². The van der Waals surface area contributed by atoms with E-state index in [9.17, 15) is 28.3 Å². The first-order chi connectivity index (χ1) is 24.1. The smallest absolute Gasteiger partial charge is 0.309 e. The monoisotopic (exact) mass is 723 g/mol. The van der Waals surface area contributed by atoms with E-state index in [-0.39, 0.29) is 52.1 Å². The maximum atomic E-state index is 14.4. The summed E-state index contributed by atoms with van der Waals surface area (Å²) in [5, 5.41) is 12.6. The van der Waals surface area contributed by atoms with Gasteiger partial charge in [0.1, 0.15) is 17.7 Å². The van der Waals surface area contributed by atoms with Gasteiger partial charge in [-0.3, -0.25) is 14.4 Å². The van der Waals surface area contributed by atoms with E-state index in [0.29, 0.717) is 41.6 Å². The van der Waals surface area contributed by atoms with Gasteiger partial charge >= 0.3 is 11.9 Å². The SMILES string of the molecule is C=C(C)[C@@H]1CC[C@]2(CC(=O)NCc3ccc(F)cc3F)CC[C@]3(C)[C@H](CC[C@@H]4[C@@]5(C)CC[C@H](OC(=O)CC(C)(C)C(=O)O)C(C)(C)[C@@H]5CC[C@]43C)[C@@H]12. The lowest BCUT2D eigenvalue weighted by Gasteiger charge is -2.73. The fraction of sp³-hybridized carbons (Fsp3) is 0.750. The highest BCUT2D eigenvalue weighted by Crippen LogP contribution is 2.78. The second kappa shape index (κ2) is 13.2. The van der Waals surface area contributed by atoms with Crippen molar-refractivity contribution >= 4 is 17.8 Å². The largest absolute Gasteiger partial charge is 0.481 e. The molecule has 10 atom stereocenters. The number of carbonyl (C=O) groups is 3. The van der Waals surface area contributed by atoms with Gasteiger partial charge in [0.15, 0.2) is 0 Å². The fourth-order valence-corrected chi connectivity index (χ4v) is 13.7. The summed E-state index contributed by atoms with van der Waals surface area (Å²) in [6.45, 7) is 22.1. The Morgan fingerprint density at radius 2 is 1.63 bits per heavy atom. The van der Waals surface area contributed by atoms with Crippen LogP contribution in [0.3, 0.4) is 0 Å². The number of halogens is 2. The highest BCUT2D eigenvalue weighted by atomic mass is 19.1. The number of hydrogen-bond acceptors (Lipinski definition) is 4. The maximum absolute atomic E-state index is 14.4. The number of aliphatic carboxylic acids is 1. The first-order valence-electron chi connectivity index (χ1n) is 19.9. The molecule has 0 bridgehead atoms. The molecular formula is C44H63F2NO5. The molecule has 2 N–H and O–H groups in total. The number of esters is 1. The second-order valence-electron chi connectivity index (χ2n) is 19.9. The number of rotatable bonds is 9. The zero-order chi connectivity index (χ0) is 38.2. The van der Waals surface area contributed by atoms with Crippen molar-refractivity contribution in [1.82, 2.24) is 5.32 Å². The van der Waals surface area contributed by atoms with E-state index >= 15 is 0 Å². The molecule has 0 radical (unpaired) electrons. The minimum absolute atomic E-state index is 0.0486. The number of carbonyl (C=O) groups excluding carboxylic acids is 2. The van der Waals surface area contributed by atoms with Gasteiger partial charge in [0.05, 0.1) is 11.8 Å². The van der Waals surface area contributed by atoms with Crippen molar-refractivity contribution < 1.29 is 33.0 Å². The van der Waals surface area contributed by atoms with Gasteiger partial charge in [-0.1, -0.05) is 52.8 Å². The number of nitrogens with one attached hydrogen (secondary N) is 1. The number of amides is 1. The molecular weight excluding hydrogens is 660 g/mol. The summed E-state index contributed by atoms with van der Waals surface area (Å²) in [5.41, 5.74) is 0.274. The molecule has 288 valence electrons. The minimum Gasteiger partial charge on any atom is -0.481 e. The molecule has 5 saturated carbocycles. The van der Waals surface area contributed by atoms with E-state index in [0.717, 1.165) is 70.3 Å². The first-order valence-corrected chi connectivity index (χ1v) is 19.9. The molecule has 0 aromatic heterocycles. The fourth-order valence-electron chi connectivity index (χ4n) is 13.7. The number of carboxylic acid groups (broad SMARTS) is 1. The zero-order valence-electron chi connectivity index (χ0n) is 32.9. The van der Waals surface area contributed by atoms with Gasteiger partial charge in [0, 0.05) is 30.0 Å². The number of fused-ring (bicyclic) bond motifs is 7. The van der Waals surface area contributed by atoms with Gasteiger partial charge in [-0.25, -0.2) is 8.78 Å². The zero-order valence-corrected chi connectivity index (χ0v) is 32.9. The van der Waals surface area contributed by atoms with E-state index in [2.05, 4.69) is 53.4 Å². The molecule has 1 aromatic rings. The number of hydrogen-bond donors (Lipinski definition) is 2. The number of carboxylic acids is 1. The van der Waals surface area contributed by atoms with Crippen LogP contribution < -0.4 is 5.32 Å². The van der Waals surface area contributed by atoms with Crippen LogP contribution in [0.25, 0.3) is 0 Å². The van der Waals surface area contributed by atoms with Crippen molar-refractivity contribution in [2.24, 2.45) is 62.1 Å². The van der Waals surface area contributed by atoms with Crippen LogP contribution in [-0.4, -0.2) is 29.1 Å². The molecule has 0 heterocycles. The third-order valence-electron chi connectivity index (χ3n) is 16.6. The van der Waals surface area contributed by atoms with Crippen LogP contribution in [0.4, 0.5) is 8.78 Å². The Bertz CT molecular complexity index is 1620. The molecule has 8 heteroatoms. The van der Waals surface area contributed by atoms with Crippen LogP contribution in [0.15, 0.2) is 30.4 Å². The van der Waals surface area contributed by atoms with E-state index in [1.54, 1.807) is 13.8 Å². The molecule has 6 rings (SSSR count). The van der Waals surface area contributed by atoms with Crippen molar-refractivity contribution in [1.29, 1.82) is 0 Å². The summed E-state index contributed by atoms with van der Waals surface area (Å²) in [7, 11) is 0. The molecule has 5 fully saturated rings. The van der Waals surface area contributed by atoms with Crippen LogP contribution in [-0.2, 0) is 25.7 Å². The molecule has 0 aliphatic heterocycles. The van der Waals surface area contributed by atoms with Crippen molar-refractivity contribution in [2.75, 3.05) is 0 Å². The lowest BCUT2D eigenvalue weighted by Crippen LogP contribution is -2.67. The maximum Gasteiger partial charge on any atom is 0.309 e. The number of benzene rings is 1. The molecule has 5 aliphatic rings. The summed E-state index contributed by atoms with van der Waals surface area (Å²) >= 11 is 0. The Balaban J connectivity index is 1.22. The number of allylic oxidation sites excluding steroid dienone is 1. The molecule has 0 spiro atoms. The average Bonchev–Trinajstić information content (AvgIpc) is 3.41. The summed E-state index contributed by atoms with van der Waals surface area (Å²) < 4.78 is 34.0. The van der Waals surface area contributed by atoms with Gasteiger partial charge in [-0.05, 0) is 142 Å². The summed E-state index contributed by atoms with van der Waals surface area (Å²) in [6, 6.07) is 3.50. The van der Waals surface area contributed by atoms with Gasteiger partial charge in [0.25, 0.3) is 0 Å². The Morgan fingerprint density at radius 1 is 0.923 bits per heavy atom. The van der Waals surface area contributed by atoms with Crippen LogP contribution in [0.5, 0.6) is 0 Å². The molecule has 6 nitrogen and oxygen atoms in total. The van der Waals surface area contributed by atoms with Crippen LogP contribution in [0, 0.1) is 73.7 Å². The van der Waals surface area contributed by atoms with Crippen LogP contribution in [0.1, 0.15) is 138 Å². The standard InChI is InChI=1S/C44H63F2NO5/c1-26(2)29-14-19-44(23-35(48)47-25-27-10-11-28(45)22-31(27)46)21-20-42(8)30(37(29)44)12-13-33-41(7)17-16-34(52-36(49)24-39(3,4)38(50)51)40(5,6)32(41)15-18-43(33,42)9/h10-11,22,29-30,32-34,37H,1,12-21,23-25H2,2-9H3,(H,47,48)(H,50,51)/t29-,30+,32-,33+,34-,37+,41-,42+,43+,44+/m0/s1. The lowest BCUT2D eigenvalue weighted by molar-refractivity contribution is -0.250. The highest BCUT2D eigenvalue weighted by molar-refractivity contribution is 5.81. The summed E-state index contributed by atoms with van der Waals surface area (Å²) in [4.78, 5) is 38.5. The minimum atomic E-state index is -1.17. The Hall–Kier alpha value is -2.77. The molecule has 0 saturated heterocycles. The Morgan fingerprint density at radius 3 is 2.29 bits per heavy atom. The van der Waals surface area contributed by atoms with Gasteiger partial charge in [-0.2, -0.15) is 0 Å². The predicted octanol–water partition coefficient (Wildman–Crippen LogP) is 10.0. The molecule has 1 aromatic carbocycles. The van der Waals surface area contributed by atoms with E-state index in [1.807, 2.05) is 0 Å². The third-order valence-corrected chi connectivity index (χ3v) is 16.6. The summed E-state index contributed by atoms with van der Waals surface area (Å²) in [5.74, 6) is -0.639. The normalized spacial score (nSPS) is 39.3. The second-order valence-corrected chi connectivity index (χ2v) is 19.9. The first kappa shape index (κ1) is 38.9. The summed E-state index contributed by atoms with van der Waals surface area (Å²) in [6.07, 6.45) is 10.4. The Labute approximate surface area is 310 Å². The third kappa shape index (κ3) is 6.14. The average molecular weight is 724 g/mol. The van der Waals surface area contributed by atoms with Crippen molar-refractivity contribution in [3.8, 4) is 0 Å². The van der Waals surface area contributed by atoms with Crippen LogP contribution >= 0.6 is 0 Å². The number of ether oxygens (including phenoxy) is 1. The van der Waals surface area contributed by atoms with Crippen molar-refractivity contribution in [3.05, 3.63) is 47.5 Å². The quantitative estimate of drug-likeness (QED) is 0.196. The highest BCUT2D eigenvalue weighted by Gasteiger charge is 2.71. The van der Waals surface area contributed by atoms with Crippen LogP contribution in [0.2, 0.25) is 0 Å². The molecule has 0 unspecified atom stereocenters. The van der Waals surface area contributed by atoms with E-state index in [1.165, 1.54) is 17.7 Å². The molecule has 1 amide bonds. The van der Waals surface area contributed by atoms with Gasteiger partial charge < -0.3 is 15.2 Å². The predicted molar refractivity (Wildman–Crippen MR) is 198 cm³/mol. The van der Waals surface area contributed by atoms with E-state index < -0.39 is 29.0 Å². The van der Waals surface area contributed by atoms with Gasteiger partial charge in [0.2, 0.25) is 5.91 Å². The van der Waals surface area contributed by atoms with Gasteiger partial charge in [-0.15, -0.1) is 0 Å². The lowest BCUT2D eigenvalue weighted by atomic mass is 9.32. The topological polar surface area (TPSA) is 92.7 Å². The van der Waals surface area contributed by atoms with Crippen molar-refractivity contribution in [3.63, 3.8) is 0 Å². The molecule has 5 aliphatic carbocycles. The Kier molecular flexibility index (Phi) is 9.90.